The van der Waals surface area contributed by atoms with Gasteiger partial charge in [-0.1, -0.05) is 0 Å². The van der Waals surface area contributed by atoms with Crippen LogP contribution in [0, 0.1) is 30.3 Å². The van der Waals surface area contributed by atoms with Crippen molar-refractivity contribution in [2.24, 2.45) is 0 Å². The molecule has 2 aliphatic rings. The highest BCUT2D eigenvalue weighted by Crippen LogP contribution is 2.36. The van der Waals surface area contributed by atoms with Crippen molar-refractivity contribution < 1.29 is 28.8 Å². The second kappa shape index (κ2) is 10.6. The third kappa shape index (κ3) is 5.88. The summed E-state index contributed by atoms with van der Waals surface area (Å²) in [5.74, 6) is -1.46. The molecular formula is C20H32N5O7+. The number of nitro groups is 3. The lowest BCUT2D eigenvalue weighted by Gasteiger charge is -2.49. The SMILES string of the molecule is CC[N+]1(CC)CC[N+]2(CCCCCC2)CC1.O=[N+]([O-])c1cc([N+](=O)[O-])c([O-])c([N+](=O)[O-])c1. The minimum atomic E-state index is -1.46. The molecule has 0 amide bonds. The van der Waals surface area contributed by atoms with Crippen LogP contribution in [-0.2, 0) is 0 Å². The molecule has 0 atom stereocenters. The zero-order valence-corrected chi connectivity index (χ0v) is 18.7. The first-order valence-corrected chi connectivity index (χ1v) is 11.1. The van der Waals surface area contributed by atoms with Crippen LogP contribution < -0.4 is 5.11 Å². The molecule has 2 saturated heterocycles. The minimum absolute atomic E-state index is 0.384. The van der Waals surface area contributed by atoms with Gasteiger partial charge in [-0.15, -0.1) is 0 Å². The highest BCUT2D eigenvalue weighted by molar-refractivity contribution is 5.63. The van der Waals surface area contributed by atoms with Crippen LogP contribution >= 0.6 is 0 Å². The molecule has 1 aromatic rings. The average Bonchev–Trinajstić information content (AvgIpc) is 3.00. The van der Waals surface area contributed by atoms with Gasteiger partial charge < -0.3 is 14.1 Å². The number of benzene rings is 1. The number of rotatable bonds is 5. The maximum absolute atomic E-state index is 11.1. The topological polar surface area (TPSA) is 152 Å². The van der Waals surface area contributed by atoms with Crippen LogP contribution in [0.2, 0.25) is 0 Å². The lowest BCUT2D eigenvalue weighted by Crippen LogP contribution is -2.66. The number of hydrogen-bond donors (Lipinski definition) is 0. The fraction of sp³-hybridized carbons (Fsp3) is 0.700. The number of hydrogen-bond acceptors (Lipinski definition) is 7. The molecule has 12 nitrogen and oxygen atoms in total. The van der Waals surface area contributed by atoms with Crippen molar-refractivity contribution in [1.82, 2.24) is 0 Å². The molecule has 2 fully saturated rings. The molecule has 2 heterocycles. The molecule has 0 bridgehead atoms. The monoisotopic (exact) mass is 454 g/mol. The van der Waals surface area contributed by atoms with Crippen LogP contribution in [0.4, 0.5) is 17.1 Å². The summed E-state index contributed by atoms with van der Waals surface area (Å²) < 4.78 is 2.86. The van der Waals surface area contributed by atoms with E-state index in [1.807, 2.05) is 0 Å². The Bertz CT molecular complexity index is 802. The minimum Gasteiger partial charge on any atom is -0.863 e. The van der Waals surface area contributed by atoms with E-state index in [9.17, 15) is 35.4 Å². The molecular weight excluding hydrogens is 422 g/mol. The van der Waals surface area contributed by atoms with Gasteiger partial charge in [0.05, 0.1) is 58.8 Å². The van der Waals surface area contributed by atoms with Crippen molar-refractivity contribution in [1.29, 1.82) is 0 Å². The molecule has 0 N–H and O–H groups in total. The quantitative estimate of drug-likeness (QED) is 0.376. The number of quaternary nitrogens is 2. The largest absolute Gasteiger partial charge is 0.863 e. The summed E-state index contributed by atoms with van der Waals surface area (Å²) in [4.78, 5) is 27.5. The first-order chi connectivity index (χ1) is 15.1. The first-order valence-electron chi connectivity index (χ1n) is 11.1. The molecule has 32 heavy (non-hydrogen) atoms. The fourth-order valence-electron chi connectivity index (χ4n) is 4.70. The van der Waals surface area contributed by atoms with Gasteiger partial charge in [-0.25, -0.2) is 0 Å². The second-order valence-electron chi connectivity index (χ2n) is 8.66. The van der Waals surface area contributed by atoms with Crippen molar-refractivity contribution in [3.63, 3.8) is 0 Å². The molecule has 178 valence electrons. The van der Waals surface area contributed by atoms with Gasteiger partial charge in [0, 0.05) is 0 Å². The highest BCUT2D eigenvalue weighted by Gasteiger charge is 2.40. The number of likely N-dealkylation sites (N-methyl/N-ethyl adjacent to an activating group) is 1. The lowest BCUT2D eigenvalue weighted by atomic mass is 10.1. The standard InChI is InChI=1S/C14H30N2.C6H3N3O7/c1-3-15(4-2)11-13-16(14-12-15)9-7-5-6-8-10-16;10-6-4(8(13)14)1-3(7(11)12)2-5(6)9(15)16/h3-14H2,1-2H3;1-2,10H/q+2;/p-1. The van der Waals surface area contributed by atoms with Crippen LogP contribution in [0.25, 0.3) is 0 Å². The number of nitro benzene ring substituents is 3. The smallest absolute Gasteiger partial charge is 0.283 e. The predicted molar refractivity (Wildman–Crippen MR) is 115 cm³/mol. The Labute approximate surface area is 186 Å². The highest BCUT2D eigenvalue weighted by atomic mass is 16.6. The zero-order valence-electron chi connectivity index (χ0n) is 18.7. The van der Waals surface area contributed by atoms with Gasteiger partial charge in [0.2, 0.25) is 0 Å². The van der Waals surface area contributed by atoms with Gasteiger partial charge in [-0.3, -0.25) is 30.3 Å². The fourth-order valence-corrected chi connectivity index (χ4v) is 4.70. The Hall–Kier alpha value is -2.86. The van der Waals surface area contributed by atoms with E-state index in [1.165, 1.54) is 87.0 Å². The molecule has 0 radical (unpaired) electrons. The number of nitrogens with zero attached hydrogens (tertiary/aromatic N) is 5. The van der Waals surface area contributed by atoms with E-state index in [0.717, 1.165) is 0 Å². The molecule has 1 spiro atoms. The summed E-state index contributed by atoms with van der Waals surface area (Å²) in [6, 6.07) is 0.769. The number of piperazine rings is 1. The molecule has 12 heteroatoms. The number of non-ortho nitro benzene ring substituents is 1. The van der Waals surface area contributed by atoms with Gasteiger partial charge >= 0.3 is 0 Å². The summed E-state index contributed by atoms with van der Waals surface area (Å²) >= 11 is 0. The Morgan fingerprint density at radius 1 is 0.719 bits per heavy atom. The Kier molecular flexibility index (Phi) is 8.44. The molecule has 3 rings (SSSR count). The maximum atomic E-state index is 11.1. The van der Waals surface area contributed by atoms with Crippen molar-refractivity contribution in [2.45, 2.75) is 39.5 Å². The molecule has 0 saturated carbocycles. The molecule has 0 unspecified atom stereocenters. The van der Waals surface area contributed by atoms with Crippen LogP contribution in [0.1, 0.15) is 39.5 Å². The van der Waals surface area contributed by atoms with Crippen LogP contribution in [0.3, 0.4) is 0 Å². The van der Waals surface area contributed by atoms with E-state index >= 15 is 0 Å². The predicted octanol–water partition coefficient (Wildman–Crippen LogP) is 2.73. The lowest BCUT2D eigenvalue weighted by molar-refractivity contribution is -1.03. The summed E-state index contributed by atoms with van der Waals surface area (Å²) in [7, 11) is 0. The third-order valence-corrected chi connectivity index (χ3v) is 7.09. The van der Waals surface area contributed by atoms with E-state index in [1.54, 1.807) is 0 Å². The van der Waals surface area contributed by atoms with Crippen molar-refractivity contribution >= 4 is 17.1 Å². The Balaban J connectivity index is 0.000000227. The molecule has 2 aliphatic heterocycles. The van der Waals surface area contributed by atoms with E-state index in [2.05, 4.69) is 13.8 Å². The average molecular weight is 455 g/mol. The van der Waals surface area contributed by atoms with Gasteiger partial charge in [-0.05, 0) is 39.5 Å². The van der Waals surface area contributed by atoms with Crippen molar-refractivity contribution in [3.05, 3.63) is 42.5 Å². The summed E-state index contributed by atoms with van der Waals surface area (Å²) in [6.45, 7) is 16.2. The van der Waals surface area contributed by atoms with E-state index < -0.39 is 37.6 Å². The van der Waals surface area contributed by atoms with E-state index in [0.29, 0.717) is 12.1 Å². The first kappa shape index (κ1) is 25.4. The van der Waals surface area contributed by atoms with Crippen LogP contribution in [0.15, 0.2) is 12.1 Å². The zero-order chi connectivity index (χ0) is 23.9. The summed E-state index contributed by atoms with van der Waals surface area (Å²) in [6.07, 6.45) is 5.94. The molecule has 0 aliphatic carbocycles. The van der Waals surface area contributed by atoms with E-state index in [4.69, 9.17) is 0 Å². The van der Waals surface area contributed by atoms with Crippen LogP contribution in [0.5, 0.6) is 5.75 Å². The second-order valence-corrected chi connectivity index (χ2v) is 8.66. The van der Waals surface area contributed by atoms with Gasteiger partial charge in [-0.2, -0.15) is 0 Å². The Morgan fingerprint density at radius 3 is 1.50 bits per heavy atom. The normalized spacial score (nSPS) is 19.3. The summed E-state index contributed by atoms with van der Waals surface area (Å²) in [5.41, 5.74) is -3.26. The Morgan fingerprint density at radius 2 is 1.16 bits per heavy atom. The van der Waals surface area contributed by atoms with E-state index in [-0.39, 0.29) is 0 Å². The van der Waals surface area contributed by atoms with Gasteiger partial charge in [0.25, 0.3) is 17.1 Å². The molecule has 1 aromatic carbocycles. The third-order valence-electron chi connectivity index (χ3n) is 7.09. The van der Waals surface area contributed by atoms with Crippen molar-refractivity contribution in [3.8, 4) is 5.75 Å². The van der Waals surface area contributed by atoms with Crippen LogP contribution in [-0.4, -0.2) is 76.1 Å². The van der Waals surface area contributed by atoms with Crippen molar-refractivity contribution in [2.75, 3.05) is 52.4 Å². The molecule has 0 aromatic heterocycles. The van der Waals surface area contributed by atoms with Gasteiger partial charge in [0.1, 0.15) is 26.2 Å². The summed E-state index contributed by atoms with van der Waals surface area (Å²) in [5, 5.41) is 42.1. The van der Waals surface area contributed by atoms with Gasteiger partial charge in [0.15, 0.2) is 0 Å². The maximum Gasteiger partial charge on any atom is 0.283 e.